The number of halogens is 3. The van der Waals surface area contributed by atoms with Crippen LogP contribution in [0.15, 0.2) is 36.4 Å². The molecule has 1 aliphatic rings. The Labute approximate surface area is 152 Å². The highest BCUT2D eigenvalue weighted by atomic mass is 19.4. The van der Waals surface area contributed by atoms with Crippen molar-refractivity contribution in [3.63, 3.8) is 0 Å². The van der Waals surface area contributed by atoms with Gasteiger partial charge in [-0.05, 0) is 18.2 Å². The third-order valence-corrected chi connectivity index (χ3v) is 4.05. The molecule has 8 heteroatoms. The predicted molar refractivity (Wildman–Crippen MR) is 88.4 cm³/mol. The summed E-state index contributed by atoms with van der Waals surface area (Å²) in [5, 5.41) is 9.98. The maximum Gasteiger partial charge on any atom is 0.416 e. The van der Waals surface area contributed by atoms with E-state index in [0.717, 1.165) is 18.2 Å². The predicted octanol–water partition coefficient (Wildman–Crippen LogP) is 4.03. The van der Waals surface area contributed by atoms with Gasteiger partial charge in [-0.3, -0.25) is 9.59 Å². The molecular weight excluding hydrogens is 365 g/mol. The van der Waals surface area contributed by atoms with Crippen LogP contribution in [0.1, 0.15) is 39.1 Å². The summed E-state index contributed by atoms with van der Waals surface area (Å²) < 4.78 is 48.8. The number of phenols is 1. The highest BCUT2D eigenvalue weighted by Gasteiger charge is 2.31. The Kier molecular flexibility index (Phi) is 5.07. The van der Waals surface area contributed by atoms with Gasteiger partial charge in [0.05, 0.1) is 11.1 Å². The quantitative estimate of drug-likeness (QED) is 0.793. The lowest BCUT2D eigenvalue weighted by Gasteiger charge is -2.19. The van der Waals surface area contributed by atoms with Crippen molar-refractivity contribution in [3.8, 4) is 17.2 Å². The van der Waals surface area contributed by atoms with Crippen LogP contribution in [0.5, 0.6) is 17.2 Å². The number of alkyl halides is 3. The van der Waals surface area contributed by atoms with E-state index in [1.54, 1.807) is 0 Å². The smallest absolute Gasteiger partial charge is 0.416 e. The highest BCUT2D eigenvalue weighted by molar-refractivity contribution is 6.03. The van der Waals surface area contributed by atoms with Gasteiger partial charge in [0, 0.05) is 24.5 Å². The average Bonchev–Trinajstić information content (AvgIpc) is 2.64. The second-order valence-corrected chi connectivity index (χ2v) is 5.94. The third kappa shape index (κ3) is 4.21. The molecule has 142 valence electrons. The van der Waals surface area contributed by atoms with Gasteiger partial charge in [0.2, 0.25) is 0 Å². The SMILES string of the molecule is O=C(CCC(=O)c1cc2c(cc1O)OCCO2)c1cccc(C(F)(F)F)c1. The monoisotopic (exact) mass is 380 g/mol. The maximum atomic E-state index is 12.7. The molecule has 1 N–H and O–H groups in total. The minimum Gasteiger partial charge on any atom is -0.507 e. The Morgan fingerprint density at radius 3 is 2.26 bits per heavy atom. The number of ether oxygens (including phenoxy) is 2. The van der Waals surface area contributed by atoms with Gasteiger partial charge in [-0.15, -0.1) is 0 Å². The summed E-state index contributed by atoms with van der Waals surface area (Å²) >= 11 is 0. The number of aromatic hydroxyl groups is 1. The third-order valence-electron chi connectivity index (χ3n) is 4.05. The zero-order valence-electron chi connectivity index (χ0n) is 14.0. The summed E-state index contributed by atoms with van der Waals surface area (Å²) in [7, 11) is 0. The van der Waals surface area contributed by atoms with E-state index in [4.69, 9.17) is 9.47 Å². The maximum absolute atomic E-state index is 12.7. The van der Waals surface area contributed by atoms with Crippen LogP contribution < -0.4 is 9.47 Å². The van der Waals surface area contributed by atoms with E-state index in [-0.39, 0.29) is 29.7 Å². The number of phenolic OH excluding ortho intramolecular Hbond substituents is 1. The largest absolute Gasteiger partial charge is 0.507 e. The molecule has 0 saturated carbocycles. The normalized spacial score (nSPS) is 13.3. The number of benzene rings is 2. The number of carbonyl (C=O) groups excluding carboxylic acids is 2. The fourth-order valence-corrected chi connectivity index (χ4v) is 2.68. The van der Waals surface area contributed by atoms with Crippen molar-refractivity contribution in [1.29, 1.82) is 0 Å². The van der Waals surface area contributed by atoms with E-state index in [9.17, 15) is 27.9 Å². The molecule has 2 aromatic carbocycles. The minimum absolute atomic E-state index is 0.0314. The molecule has 27 heavy (non-hydrogen) atoms. The Hall–Kier alpha value is -3.03. The van der Waals surface area contributed by atoms with Crippen molar-refractivity contribution in [2.75, 3.05) is 13.2 Å². The Morgan fingerprint density at radius 1 is 0.963 bits per heavy atom. The summed E-state index contributed by atoms with van der Waals surface area (Å²) in [4.78, 5) is 24.5. The first-order chi connectivity index (χ1) is 12.8. The number of rotatable bonds is 5. The zero-order valence-corrected chi connectivity index (χ0v) is 14.0. The Balaban J connectivity index is 1.70. The molecule has 0 saturated heterocycles. The molecule has 0 aromatic heterocycles. The van der Waals surface area contributed by atoms with Crippen molar-refractivity contribution in [2.24, 2.45) is 0 Å². The first-order valence-electron chi connectivity index (χ1n) is 8.12. The van der Waals surface area contributed by atoms with E-state index < -0.39 is 23.3 Å². The molecule has 0 fully saturated rings. The number of ketones is 2. The average molecular weight is 380 g/mol. The zero-order chi connectivity index (χ0) is 19.6. The molecule has 0 spiro atoms. The molecule has 5 nitrogen and oxygen atoms in total. The summed E-state index contributed by atoms with van der Waals surface area (Å²) in [6, 6.07) is 6.63. The molecule has 0 unspecified atom stereocenters. The number of hydrogen-bond acceptors (Lipinski definition) is 5. The lowest BCUT2D eigenvalue weighted by molar-refractivity contribution is -0.137. The number of Topliss-reactive ketones (excluding diaryl/α,β-unsaturated/α-hetero) is 2. The van der Waals surface area contributed by atoms with Crippen LogP contribution in [0.4, 0.5) is 13.2 Å². The van der Waals surface area contributed by atoms with E-state index in [2.05, 4.69) is 0 Å². The van der Waals surface area contributed by atoms with Crippen LogP contribution in [-0.4, -0.2) is 29.9 Å². The fraction of sp³-hybridized carbons (Fsp3) is 0.263. The van der Waals surface area contributed by atoms with Crippen LogP contribution in [0.3, 0.4) is 0 Å². The van der Waals surface area contributed by atoms with Gasteiger partial charge >= 0.3 is 6.18 Å². The topological polar surface area (TPSA) is 72.8 Å². The first kappa shape index (κ1) is 18.8. The van der Waals surface area contributed by atoms with Crippen LogP contribution in [0.2, 0.25) is 0 Å². The van der Waals surface area contributed by atoms with E-state index >= 15 is 0 Å². The second-order valence-electron chi connectivity index (χ2n) is 5.94. The van der Waals surface area contributed by atoms with Gasteiger partial charge in [-0.2, -0.15) is 13.2 Å². The lowest BCUT2D eigenvalue weighted by atomic mass is 9.99. The number of hydrogen-bond donors (Lipinski definition) is 1. The lowest BCUT2D eigenvalue weighted by Crippen LogP contribution is -2.16. The van der Waals surface area contributed by atoms with Crippen molar-refractivity contribution in [1.82, 2.24) is 0 Å². The van der Waals surface area contributed by atoms with Gasteiger partial charge < -0.3 is 14.6 Å². The van der Waals surface area contributed by atoms with Crippen LogP contribution in [-0.2, 0) is 6.18 Å². The molecule has 0 aliphatic carbocycles. The standard InChI is InChI=1S/C19H15F3O5/c20-19(21,22)12-3-1-2-11(8-12)14(23)4-5-15(24)13-9-17-18(10-16(13)25)27-7-6-26-17/h1-3,8-10,25H,4-7H2. The molecule has 1 aliphatic heterocycles. The van der Waals surface area contributed by atoms with Crippen molar-refractivity contribution in [2.45, 2.75) is 19.0 Å². The van der Waals surface area contributed by atoms with Crippen molar-refractivity contribution < 1.29 is 37.3 Å². The van der Waals surface area contributed by atoms with Gasteiger partial charge in [0.25, 0.3) is 0 Å². The Bertz CT molecular complexity index is 889. The van der Waals surface area contributed by atoms with Crippen LogP contribution >= 0.6 is 0 Å². The molecule has 0 amide bonds. The minimum atomic E-state index is -4.55. The van der Waals surface area contributed by atoms with Crippen LogP contribution in [0, 0.1) is 0 Å². The number of fused-ring (bicyclic) bond motifs is 1. The van der Waals surface area contributed by atoms with Crippen molar-refractivity contribution in [3.05, 3.63) is 53.1 Å². The molecule has 2 aromatic rings. The fourth-order valence-electron chi connectivity index (χ4n) is 2.68. The summed E-state index contributed by atoms with van der Waals surface area (Å²) in [5.41, 5.74) is -1.08. The molecular formula is C19H15F3O5. The first-order valence-corrected chi connectivity index (χ1v) is 8.12. The van der Waals surface area contributed by atoms with Crippen molar-refractivity contribution >= 4 is 11.6 Å². The molecule has 1 heterocycles. The molecule has 0 bridgehead atoms. The van der Waals surface area contributed by atoms with Gasteiger partial charge in [0.1, 0.15) is 19.0 Å². The summed E-state index contributed by atoms with van der Waals surface area (Å²) in [6.45, 7) is 0.630. The van der Waals surface area contributed by atoms with Gasteiger partial charge in [-0.25, -0.2) is 0 Å². The van der Waals surface area contributed by atoms with E-state index in [0.29, 0.717) is 24.7 Å². The van der Waals surface area contributed by atoms with E-state index in [1.807, 2.05) is 0 Å². The van der Waals surface area contributed by atoms with Crippen LogP contribution in [0.25, 0.3) is 0 Å². The summed E-state index contributed by atoms with van der Waals surface area (Å²) in [5.74, 6) is -0.797. The number of carbonyl (C=O) groups is 2. The summed E-state index contributed by atoms with van der Waals surface area (Å²) in [6.07, 6.45) is -5.10. The molecule has 0 atom stereocenters. The van der Waals surface area contributed by atoms with Gasteiger partial charge in [0.15, 0.2) is 23.1 Å². The highest BCUT2D eigenvalue weighted by Crippen LogP contribution is 2.37. The Morgan fingerprint density at radius 2 is 1.59 bits per heavy atom. The molecule has 3 rings (SSSR count). The van der Waals surface area contributed by atoms with Gasteiger partial charge in [-0.1, -0.05) is 12.1 Å². The molecule has 0 radical (unpaired) electrons. The second kappa shape index (κ2) is 7.30. The van der Waals surface area contributed by atoms with E-state index in [1.165, 1.54) is 18.2 Å².